The van der Waals surface area contributed by atoms with Gasteiger partial charge in [0.2, 0.25) is 5.91 Å². The van der Waals surface area contributed by atoms with E-state index in [1.54, 1.807) is 13.8 Å². The first-order valence-corrected chi connectivity index (χ1v) is 11.0. The minimum atomic E-state index is -1.18. The van der Waals surface area contributed by atoms with Crippen molar-refractivity contribution in [2.24, 2.45) is 5.11 Å². The van der Waals surface area contributed by atoms with Crippen molar-refractivity contribution >= 4 is 23.6 Å². The lowest BCUT2D eigenvalue weighted by molar-refractivity contribution is -0.173. The van der Waals surface area contributed by atoms with Crippen LogP contribution in [0.1, 0.15) is 19.4 Å². The molecule has 4 rings (SSSR count). The molecule has 0 N–H and O–H groups in total. The number of hydrogen-bond acceptors (Lipinski definition) is 8. The Morgan fingerprint density at radius 2 is 2.03 bits per heavy atom. The van der Waals surface area contributed by atoms with Crippen molar-refractivity contribution in [3.8, 4) is 0 Å². The van der Waals surface area contributed by atoms with Crippen molar-refractivity contribution in [1.82, 2.24) is 4.90 Å². The SMILES string of the molecule is COC(=O)[C@@H]1CS[C@H]2[C@@H](OCc3ccccc3)[C@H]3OC(C)(C)O[C@@H]3[C@@H](N=[N+]=[N-])C(=O)N12. The summed E-state index contributed by atoms with van der Waals surface area (Å²) < 4.78 is 23.4. The van der Waals surface area contributed by atoms with Gasteiger partial charge in [-0.3, -0.25) is 4.79 Å². The number of hydrogen-bond donors (Lipinski definition) is 0. The van der Waals surface area contributed by atoms with Gasteiger partial charge >= 0.3 is 5.97 Å². The van der Waals surface area contributed by atoms with E-state index >= 15 is 0 Å². The molecule has 10 nitrogen and oxygen atoms in total. The molecule has 166 valence electrons. The number of benzene rings is 1. The molecule has 1 aromatic rings. The number of fused-ring (bicyclic) bond motifs is 2. The fourth-order valence-electron chi connectivity index (χ4n) is 4.26. The molecule has 0 aromatic heterocycles. The minimum Gasteiger partial charge on any atom is -0.467 e. The summed E-state index contributed by atoms with van der Waals surface area (Å²) in [6, 6.07) is 7.63. The highest BCUT2D eigenvalue weighted by Gasteiger charge is 2.60. The van der Waals surface area contributed by atoms with E-state index in [9.17, 15) is 9.59 Å². The third-order valence-corrected chi connectivity index (χ3v) is 6.90. The maximum absolute atomic E-state index is 13.5. The summed E-state index contributed by atoms with van der Waals surface area (Å²) in [4.78, 5) is 30.1. The molecule has 3 heterocycles. The normalized spacial score (nSPS) is 33.8. The van der Waals surface area contributed by atoms with Crippen LogP contribution in [0.3, 0.4) is 0 Å². The van der Waals surface area contributed by atoms with E-state index in [0.29, 0.717) is 5.75 Å². The largest absolute Gasteiger partial charge is 0.467 e. The molecule has 3 aliphatic rings. The maximum Gasteiger partial charge on any atom is 0.329 e. The zero-order valence-electron chi connectivity index (χ0n) is 17.4. The molecule has 11 heteroatoms. The van der Waals surface area contributed by atoms with Crippen LogP contribution in [0.5, 0.6) is 0 Å². The monoisotopic (exact) mass is 448 g/mol. The predicted molar refractivity (Wildman–Crippen MR) is 111 cm³/mol. The van der Waals surface area contributed by atoms with Crippen molar-refractivity contribution in [2.75, 3.05) is 12.9 Å². The smallest absolute Gasteiger partial charge is 0.329 e. The first-order chi connectivity index (χ1) is 14.9. The molecular formula is C20H24N4O6S. The average molecular weight is 449 g/mol. The van der Waals surface area contributed by atoms with Crippen LogP contribution in [0.4, 0.5) is 0 Å². The molecule has 0 saturated carbocycles. The fraction of sp³-hybridized carbons (Fsp3) is 0.600. The van der Waals surface area contributed by atoms with Crippen LogP contribution in [0.15, 0.2) is 35.4 Å². The molecule has 0 unspecified atom stereocenters. The molecule has 0 radical (unpaired) electrons. The van der Waals surface area contributed by atoms with Crippen LogP contribution in [0, 0.1) is 0 Å². The van der Waals surface area contributed by atoms with Crippen LogP contribution in [0.25, 0.3) is 10.4 Å². The van der Waals surface area contributed by atoms with Gasteiger partial charge in [-0.1, -0.05) is 35.4 Å². The van der Waals surface area contributed by atoms with Gasteiger partial charge in [0.1, 0.15) is 35.8 Å². The Morgan fingerprint density at radius 1 is 1.32 bits per heavy atom. The number of carbonyl (C=O) groups excluding carboxylic acids is 2. The molecule has 1 aromatic carbocycles. The van der Waals surface area contributed by atoms with Gasteiger partial charge in [0.25, 0.3) is 0 Å². The molecule has 0 bridgehead atoms. The molecule has 0 spiro atoms. The number of esters is 1. The Morgan fingerprint density at radius 3 is 2.71 bits per heavy atom. The van der Waals surface area contributed by atoms with Gasteiger partial charge in [0, 0.05) is 10.7 Å². The molecule has 1 amide bonds. The summed E-state index contributed by atoms with van der Waals surface area (Å²) >= 11 is 1.42. The molecular weight excluding hydrogens is 424 g/mol. The van der Waals surface area contributed by atoms with Crippen molar-refractivity contribution in [3.63, 3.8) is 0 Å². The number of nitrogens with zero attached hydrogens (tertiary/aromatic N) is 4. The van der Waals surface area contributed by atoms with E-state index < -0.39 is 53.4 Å². The van der Waals surface area contributed by atoms with E-state index in [4.69, 9.17) is 24.5 Å². The highest BCUT2D eigenvalue weighted by Crippen LogP contribution is 2.44. The Hall–Kier alpha value is -2.30. The van der Waals surface area contributed by atoms with Gasteiger partial charge in [-0.2, -0.15) is 0 Å². The number of carbonyl (C=O) groups is 2. The summed E-state index contributed by atoms with van der Waals surface area (Å²) in [5.41, 5.74) is 10.1. The summed E-state index contributed by atoms with van der Waals surface area (Å²) in [6.45, 7) is 3.77. The second-order valence-corrected chi connectivity index (χ2v) is 9.13. The number of methoxy groups -OCH3 is 1. The predicted octanol–water partition coefficient (Wildman–Crippen LogP) is 2.23. The first kappa shape index (κ1) is 21.9. The average Bonchev–Trinajstić information content (AvgIpc) is 3.31. The quantitative estimate of drug-likeness (QED) is 0.293. The van der Waals surface area contributed by atoms with Crippen LogP contribution < -0.4 is 0 Å². The van der Waals surface area contributed by atoms with E-state index in [0.717, 1.165) is 5.56 Å². The summed E-state index contributed by atoms with van der Waals surface area (Å²) in [5.74, 6) is -1.66. The summed E-state index contributed by atoms with van der Waals surface area (Å²) in [5, 5.41) is 3.21. The van der Waals surface area contributed by atoms with Gasteiger partial charge in [-0.15, -0.1) is 11.8 Å². The van der Waals surface area contributed by atoms with Gasteiger partial charge in [-0.25, -0.2) is 4.79 Å². The molecule has 3 fully saturated rings. The zero-order valence-corrected chi connectivity index (χ0v) is 18.2. The Labute approximate surface area is 183 Å². The second kappa shape index (κ2) is 8.68. The standard InChI is InChI=1S/C20H24N4O6S/c1-20(2)29-14-13(22-23-21)17(25)24-12(19(26)27-3)10-31-18(24)16(15(14)30-20)28-9-11-7-5-4-6-8-11/h4-8,12-16,18H,9-10H2,1-3H3/t12-,13+,14+,15-,16-,18-/m0/s1. The minimum absolute atomic E-state index is 0.284. The third kappa shape index (κ3) is 4.11. The van der Waals surface area contributed by atoms with Gasteiger partial charge in [-0.05, 0) is 24.9 Å². The number of ether oxygens (including phenoxy) is 4. The first-order valence-electron chi connectivity index (χ1n) is 9.93. The van der Waals surface area contributed by atoms with Crippen molar-refractivity contribution in [2.45, 2.75) is 62.0 Å². The Balaban J connectivity index is 1.73. The topological polar surface area (TPSA) is 123 Å². The van der Waals surface area contributed by atoms with Crippen molar-refractivity contribution < 1.29 is 28.5 Å². The lowest BCUT2D eigenvalue weighted by Crippen LogP contribution is -2.52. The number of azide groups is 1. The lowest BCUT2D eigenvalue weighted by atomic mass is 10.0. The highest BCUT2D eigenvalue weighted by atomic mass is 32.2. The number of amides is 1. The zero-order chi connectivity index (χ0) is 22.2. The molecule has 3 saturated heterocycles. The van der Waals surface area contributed by atoms with Crippen LogP contribution >= 0.6 is 11.8 Å². The molecule has 3 aliphatic heterocycles. The molecule has 6 atom stereocenters. The van der Waals surface area contributed by atoms with Crippen molar-refractivity contribution in [1.29, 1.82) is 0 Å². The molecule has 0 aliphatic carbocycles. The Bertz CT molecular complexity index is 893. The van der Waals surface area contributed by atoms with Crippen molar-refractivity contribution in [3.05, 3.63) is 46.3 Å². The summed E-state index contributed by atoms with van der Waals surface area (Å²) in [6.07, 6.45) is -2.13. The van der Waals surface area contributed by atoms with Gasteiger partial charge in [0.15, 0.2) is 5.79 Å². The third-order valence-electron chi connectivity index (χ3n) is 5.56. The van der Waals surface area contributed by atoms with E-state index in [1.807, 2.05) is 30.3 Å². The Kier molecular flexibility index (Phi) is 6.14. The van der Waals surface area contributed by atoms with E-state index in [2.05, 4.69) is 10.0 Å². The number of thioether (sulfide) groups is 1. The van der Waals surface area contributed by atoms with Gasteiger partial charge < -0.3 is 23.8 Å². The maximum atomic E-state index is 13.5. The van der Waals surface area contributed by atoms with Gasteiger partial charge in [0.05, 0.1) is 13.7 Å². The van der Waals surface area contributed by atoms with E-state index in [-0.39, 0.29) is 6.61 Å². The number of rotatable bonds is 5. The lowest BCUT2D eigenvalue weighted by Gasteiger charge is -2.33. The molecule has 31 heavy (non-hydrogen) atoms. The highest BCUT2D eigenvalue weighted by molar-refractivity contribution is 8.00. The van der Waals surface area contributed by atoms with Crippen LogP contribution in [-0.2, 0) is 35.1 Å². The van der Waals surface area contributed by atoms with Crippen LogP contribution in [0.2, 0.25) is 0 Å². The fourth-order valence-corrected chi connectivity index (χ4v) is 5.77. The van der Waals surface area contributed by atoms with Crippen LogP contribution in [-0.4, -0.2) is 71.2 Å². The summed E-state index contributed by atoms with van der Waals surface area (Å²) in [7, 11) is 1.28. The second-order valence-electron chi connectivity index (χ2n) is 7.98. The van der Waals surface area contributed by atoms with E-state index in [1.165, 1.54) is 23.8 Å².